The number of allylic oxidation sites excluding steroid dienone is 1. The summed E-state index contributed by atoms with van der Waals surface area (Å²) in [6, 6.07) is 5.37. The molecule has 0 saturated heterocycles. The number of fused-ring (bicyclic) bond motifs is 1. The lowest BCUT2D eigenvalue weighted by Gasteiger charge is -2.08. The Hall–Kier alpha value is -1.86. The number of carbonyl (C=O) groups is 2. The van der Waals surface area contributed by atoms with Gasteiger partial charge in [0, 0.05) is 0 Å². The predicted octanol–water partition coefficient (Wildman–Crippen LogP) is 3.20. The molecule has 1 aromatic rings. The van der Waals surface area contributed by atoms with Gasteiger partial charge in [-0.3, -0.25) is 9.59 Å². The Balaban J connectivity index is 2.24. The Morgan fingerprint density at radius 3 is 2.46 bits per heavy atom. The van der Waals surface area contributed by atoms with Crippen molar-refractivity contribution in [2.24, 2.45) is 5.73 Å². The van der Waals surface area contributed by atoms with Crippen molar-refractivity contribution in [1.82, 2.24) is 0 Å². The van der Waals surface area contributed by atoms with E-state index in [-0.39, 0.29) is 12.4 Å². The highest BCUT2D eigenvalue weighted by atomic mass is 32.2. The molecule has 5 nitrogen and oxygen atoms in total. The van der Waals surface area contributed by atoms with E-state index in [1.54, 1.807) is 18.2 Å². The summed E-state index contributed by atoms with van der Waals surface area (Å²) < 4.78 is 11.2. The maximum Gasteiger partial charge on any atom is 0.254 e. The number of carbonyl (C=O) groups excluding carboxylic acids is 2. The van der Waals surface area contributed by atoms with E-state index in [0.29, 0.717) is 15.7 Å². The van der Waals surface area contributed by atoms with Crippen molar-refractivity contribution in [3.05, 3.63) is 39.6 Å². The number of hydrogen-bond donors (Lipinski definition) is 1. The number of benzene rings is 1. The molecule has 1 aliphatic rings. The van der Waals surface area contributed by atoms with Gasteiger partial charge in [0.1, 0.15) is 5.57 Å². The zero-order valence-corrected chi connectivity index (χ0v) is 15.2. The molecule has 2 N–H and O–H groups in total. The van der Waals surface area contributed by atoms with Crippen molar-refractivity contribution in [2.75, 3.05) is 18.3 Å². The van der Waals surface area contributed by atoms with Crippen LogP contribution in [0.15, 0.2) is 34.1 Å². The van der Waals surface area contributed by atoms with Gasteiger partial charge < -0.3 is 15.2 Å². The fraction of sp³-hybridized carbons (Fsp3) is 0.294. The van der Waals surface area contributed by atoms with Crippen LogP contribution in [-0.4, -0.2) is 30.0 Å². The minimum Gasteiger partial charge on any atom is -0.454 e. The second-order valence-corrected chi connectivity index (χ2v) is 7.51. The molecular weight excluding hydrogens is 346 g/mol. The summed E-state index contributed by atoms with van der Waals surface area (Å²) in [6.07, 6.45) is 3.00. The highest BCUT2D eigenvalue weighted by Crippen LogP contribution is 2.33. The molecule has 1 heterocycles. The van der Waals surface area contributed by atoms with Crippen LogP contribution in [-0.2, 0) is 9.59 Å². The number of ketones is 1. The summed E-state index contributed by atoms with van der Waals surface area (Å²) in [7, 11) is 0. The van der Waals surface area contributed by atoms with Gasteiger partial charge in [-0.05, 0) is 35.3 Å². The smallest absolute Gasteiger partial charge is 0.254 e. The second-order valence-electron chi connectivity index (χ2n) is 4.70. The summed E-state index contributed by atoms with van der Waals surface area (Å²) in [4.78, 5) is 24.2. The molecule has 128 valence electrons. The molecule has 0 atom stereocenters. The van der Waals surface area contributed by atoms with Crippen molar-refractivity contribution >= 4 is 41.3 Å². The molecule has 0 aliphatic carbocycles. The van der Waals surface area contributed by atoms with Crippen molar-refractivity contribution in [2.45, 2.75) is 13.8 Å². The van der Waals surface area contributed by atoms with E-state index in [9.17, 15) is 9.59 Å². The van der Waals surface area contributed by atoms with Crippen LogP contribution in [0, 0.1) is 0 Å². The predicted molar refractivity (Wildman–Crippen MR) is 99.1 cm³/mol. The fourth-order valence-electron chi connectivity index (χ4n) is 2.04. The van der Waals surface area contributed by atoms with Gasteiger partial charge in [-0.2, -0.15) is 0 Å². The summed E-state index contributed by atoms with van der Waals surface area (Å²) in [5.41, 5.74) is 6.26. The van der Waals surface area contributed by atoms with Crippen LogP contribution in [0.3, 0.4) is 0 Å². The number of amides is 1. The molecule has 0 radical (unpaired) electrons. The van der Waals surface area contributed by atoms with E-state index in [1.165, 1.54) is 29.6 Å². The molecule has 0 unspecified atom stereocenters. The van der Waals surface area contributed by atoms with Crippen LogP contribution in [0.1, 0.15) is 19.4 Å². The Bertz CT molecular complexity index is 690. The van der Waals surface area contributed by atoms with E-state index in [2.05, 4.69) is 0 Å². The van der Waals surface area contributed by atoms with Gasteiger partial charge in [0.2, 0.25) is 6.79 Å². The molecule has 24 heavy (non-hydrogen) atoms. The van der Waals surface area contributed by atoms with E-state index >= 15 is 0 Å². The van der Waals surface area contributed by atoms with E-state index in [1.807, 2.05) is 19.9 Å². The molecule has 1 aromatic carbocycles. The van der Waals surface area contributed by atoms with Crippen LogP contribution >= 0.6 is 23.5 Å². The van der Waals surface area contributed by atoms with Gasteiger partial charge in [-0.15, -0.1) is 23.5 Å². The van der Waals surface area contributed by atoms with Crippen LogP contribution < -0.4 is 15.2 Å². The van der Waals surface area contributed by atoms with Gasteiger partial charge in [0.15, 0.2) is 17.3 Å². The first-order chi connectivity index (χ1) is 11.6. The first-order valence-corrected chi connectivity index (χ1v) is 9.45. The first kappa shape index (κ1) is 18.5. The summed E-state index contributed by atoms with van der Waals surface area (Å²) in [5, 5.41) is 0. The lowest BCUT2D eigenvalue weighted by atomic mass is 10.1. The molecule has 1 aliphatic heterocycles. The summed E-state index contributed by atoms with van der Waals surface area (Å²) in [6.45, 7) is 4.13. The van der Waals surface area contributed by atoms with Gasteiger partial charge in [0.05, 0.1) is 4.24 Å². The Morgan fingerprint density at radius 1 is 1.17 bits per heavy atom. The van der Waals surface area contributed by atoms with Crippen molar-refractivity contribution in [1.29, 1.82) is 0 Å². The topological polar surface area (TPSA) is 78.6 Å². The normalized spacial score (nSPS) is 12.4. The molecule has 0 saturated carbocycles. The minimum absolute atomic E-state index is 0.0469. The zero-order valence-electron chi connectivity index (χ0n) is 13.5. The van der Waals surface area contributed by atoms with Crippen LogP contribution in [0.4, 0.5) is 0 Å². The second kappa shape index (κ2) is 8.84. The van der Waals surface area contributed by atoms with E-state index in [4.69, 9.17) is 15.2 Å². The van der Waals surface area contributed by atoms with E-state index < -0.39 is 11.7 Å². The number of nitrogens with two attached hydrogens (primary N) is 1. The third kappa shape index (κ3) is 4.58. The lowest BCUT2D eigenvalue weighted by Crippen LogP contribution is -2.20. The zero-order chi connectivity index (χ0) is 17.5. The molecule has 0 bridgehead atoms. The number of hydrogen-bond acceptors (Lipinski definition) is 6. The Labute approximate surface area is 149 Å². The maximum atomic E-state index is 12.5. The van der Waals surface area contributed by atoms with Crippen LogP contribution in [0.5, 0.6) is 11.5 Å². The quantitative estimate of drug-likeness (QED) is 0.433. The number of primary amides is 1. The summed E-state index contributed by atoms with van der Waals surface area (Å²) in [5.74, 6) is 1.75. The van der Waals surface area contributed by atoms with Crippen molar-refractivity contribution < 1.29 is 19.1 Å². The van der Waals surface area contributed by atoms with Crippen LogP contribution in [0.2, 0.25) is 0 Å². The van der Waals surface area contributed by atoms with Gasteiger partial charge in [-0.25, -0.2) is 0 Å². The third-order valence-electron chi connectivity index (χ3n) is 3.07. The highest BCUT2D eigenvalue weighted by molar-refractivity contribution is 8.22. The number of ether oxygens (including phenoxy) is 2. The fourth-order valence-corrected chi connectivity index (χ4v) is 4.30. The van der Waals surface area contributed by atoms with Crippen molar-refractivity contribution in [3.8, 4) is 11.5 Å². The molecule has 2 rings (SSSR count). The number of rotatable bonds is 8. The summed E-state index contributed by atoms with van der Waals surface area (Å²) >= 11 is 2.91. The molecule has 0 fully saturated rings. The first-order valence-electron chi connectivity index (χ1n) is 7.48. The van der Waals surface area contributed by atoms with Crippen LogP contribution in [0.25, 0.3) is 6.08 Å². The third-order valence-corrected chi connectivity index (χ3v) is 5.29. The lowest BCUT2D eigenvalue weighted by molar-refractivity contribution is -0.118. The monoisotopic (exact) mass is 365 g/mol. The molecule has 1 amide bonds. The molecular formula is C17H19NO4S2. The van der Waals surface area contributed by atoms with Gasteiger partial charge in [-0.1, -0.05) is 26.0 Å². The Morgan fingerprint density at radius 2 is 1.83 bits per heavy atom. The van der Waals surface area contributed by atoms with Gasteiger partial charge >= 0.3 is 0 Å². The van der Waals surface area contributed by atoms with Crippen molar-refractivity contribution in [3.63, 3.8) is 0 Å². The largest absolute Gasteiger partial charge is 0.454 e. The average Bonchev–Trinajstić information content (AvgIpc) is 3.01. The number of thioether (sulfide) groups is 2. The van der Waals surface area contributed by atoms with E-state index in [0.717, 1.165) is 17.1 Å². The highest BCUT2D eigenvalue weighted by Gasteiger charge is 2.19. The molecule has 7 heteroatoms. The Kier molecular flexibility index (Phi) is 6.81. The molecule has 0 spiro atoms. The minimum atomic E-state index is -0.702. The standard InChI is InChI=1S/C17H19NO4S2/c1-3-23-17(24-4-2)15(16(18)20)12(19)7-5-11-6-8-13-14(9-11)22-10-21-13/h5-9H,3-4,10H2,1-2H3,(H2,18,20)/b7-5+. The SMILES string of the molecule is CCSC(SCC)=C(C(N)=O)C(=O)/C=C/c1ccc2c(c1)OCO2. The van der Waals surface area contributed by atoms with Gasteiger partial charge in [0.25, 0.3) is 5.91 Å². The molecule has 0 aromatic heterocycles. The maximum absolute atomic E-state index is 12.5. The average molecular weight is 365 g/mol.